The lowest BCUT2D eigenvalue weighted by atomic mass is 9.73. The van der Waals surface area contributed by atoms with Crippen molar-refractivity contribution in [1.82, 2.24) is 0 Å². The van der Waals surface area contributed by atoms with Gasteiger partial charge in [0.1, 0.15) is 5.75 Å². The van der Waals surface area contributed by atoms with Crippen LogP contribution >= 0.6 is 11.6 Å². The maximum absolute atomic E-state index is 13.3. The van der Waals surface area contributed by atoms with Crippen molar-refractivity contribution < 1.29 is 28.7 Å². The van der Waals surface area contributed by atoms with Crippen molar-refractivity contribution in [3.63, 3.8) is 0 Å². The van der Waals surface area contributed by atoms with Crippen LogP contribution in [0.15, 0.2) is 72.8 Å². The number of anilines is 2. The van der Waals surface area contributed by atoms with Crippen molar-refractivity contribution in [2.45, 2.75) is 25.2 Å². The van der Waals surface area contributed by atoms with Gasteiger partial charge >= 0.3 is 5.97 Å². The highest BCUT2D eigenvalue weighted by atomic mass is 35.5. The normalized spacial score (nSPS) is 20.4. The van der Waals surface area contributed by atoms with E-state index in [1.807, 2.05) is 18.2 Å². The molecule has 9 heteroatoms. The fourth-order valence-electron chi connectivity index (χ4n) is 5.39. The Morgan fingerprint density at radius 3 is 2.38 bits per heavy atom. The second-order valence-corrected chi connectivity index (χ2v) is 10.1. The minimum Gasteiger partial charge on any atom is -0.495 e. The van der Waals surface area contributed by atoms with E-state index in [9.17, 15) is 19.2 Å². The molecule has 3 amide bonds. The van der Waals surface area contributed by atoms with Crippen molar-refractivity contribution in [3.8, 4) is 5.75 Å². The van der Waals surface area contributed by atoms with E-state index < -0.39 is 18.5 Å². The molecule has 2 fully saturated rings. The number of methoxy groups -OCH3 is 1. The molecule has 3 aromatic carbocycles. The maximum atomic E-state index is 13.3. The number of halogens is 1. The average molecular weight is 547 g/mol. The summed E-state index contributed by atoms with van der Waals surface area (Å²) in [5.74, 6) is -1.68. The van der Waals surface area contributed by atoms with Gasteiger partial charge in [0.15, 0.2) is 6.61 Å². The van der Waals surface area contributed by atoms with Gasteiger partial charge in [0.2, 0.25) is 11.8 Å². The van der Waals surface area contributed by atoms with Crippen LogP contribution in [0.2, 0.25) is 5.02 Å². The molecule has 3 aromatic rings. The molecule has 0 radical (unpaired) electrons. The number of benzene rings is 3. The van der Waals surface area contributed by atoms with Crippen molar-refractivity contribution in [1.29, 1.82) is 0 Å². The van der Waals surface area contributed by atoms with Crippen LogP contribution in [0.25, 0.3) is 0 Å². The highest BCUT2D eigenvalue weighted by Gasteiger charge is 2.50. The Labute approximate surface area is 230 Å². The van der Waals surface area contributed by atoms with Gasteiger partial charge in [-0.15, -0.1) is 0 Å². The number of ether oxygens (including phenoxy) is 2. The van der Waals surface area contributed by atoms with Crippen LogP contribution in [0.3, 0.4) is 0 Å². The summed E-state index contributed by atoms with van der Waals surface area (Å²) >= 11 is 5.97. The van der Waals surface area contributed by atoms with Crippen molar-refractivity contribution in [2.24, 2.45) is 11.8 Å². The first-order chi connectivity index (χ1) is 18.9. The number of hydrogen-bond acceptors (Lipinski definition) is 6. The Hall–Kier alpha value is -4.17. The monoisotopic (exact) mass is 546 g/mol. The molecule has 0 unspecified atom stereocenters. The van der Waals surface area contributed by atoms with Gasteiger partial charge in [0, 0.05) is 5.02 Å². The highest BCUT2D eigenvalue weighted by Crippen LogP contribution is 2.45. The molecule has 0 aromatic heterocycles. The van der Waals surface area contributed by atoms with Crippen LogP contribution in [0.4, 0.5) is 11.4 Å². The molecule has 1 heterocycles. The predicted molar refractivity (Wildman–Crippen MR) is 146 cm³/mol. The number of nitrogens with one attached hydrogen (secondary N) is 1. The number of fused-ring (bicyclic) bond motifs is 1. The summed E-state index contributed by atoms with van der Waals surface area (Å²) in [6, 6.07) is 20.9. The second-order valence-electron chi connectivity index (χ2n) is 9.66. The minimum absolute atomic E-state index is 0.188. The molecule has 1 saturated heterocycles. The number of imide groups is 1. The van der Waals surface area contributed by atoms with E-state index in [0.717, 1.165) is 6.42 Å². The van der Waals surface area contributed by atoms with Gasteiger partial charge in [0.05, 0.1) is 35.9 Å². The smallest absolute Gasteiger partial charge is 0.338 e. The number of amides is 3. The van der Waals surface area contributed by atoms with Crippen LogP contribution in [0.5, 0.6) is 5.75 Å². The average Bonchev–Trinajstić information content (AvgIpc) is 3.21. The zero-order valence-corrected chi connectivity index (χ0v) is 22.0. The Morgan fingerprint density at radius 2 is 1.67 bits per heavy atom. The lowest BCUT2D eigenvalue weighted by molar-refractivity contribution is -0.122. The second kappa shape index (κ2) is 11.3. The third kappa shape index (κ3) is 5.52. The van der Waals surface area contributed by atoms with Crippen LogP contribution in [0, 0.1) is 11.8 Å². The van der Waals surface area contributed by atoms with E-state index in [-0.39, 0.29) is 35.1 Å². The van der Waals surface area contributed by atoms with Crippen molar-refractivity contribution in [3.05, 3.63) is 88.9 Å². The van der Waals surface area contributed by atoms with Crippen molar-refractivity contribution >= 4 is 46.7 Å². The van der Waals surface area contributed by atoms with Gasteiger partial charge in [0.25, 0.3) is 5.91 Å². The number of carbonyl (C=O) groups is 4. The largest absolute Gasteiger partial charge is 0.495 e. The quantitative estimate of drug-likeness (QED) is 0.322. The zero-order valence-electron chi connectivity index (χ0n) is 21.3. The molecular formula is C30H27ClN2O6. The first-order valence-corrected chi connectivity index (χ1v) is 13.1. The lowest BCUT2D eigenvalue weighted by Gasteiger charge is -2.28. The Balaban J connectivity index is 1.20. The number of hydrogen-bond donors (Lipinski definition) is 1. The van der Waals surface area contributed by atoms with Crippen molar-refractivity contribution in [2.75, 3.05) is 23.9 Å². The molecule has 0 spiro atoms. The van der Waals surface area contributed by atoms with E-state index in [1.54, 1.807) is 24.3 Å². The standard InChI is InChI=1S/C30H27ClN2O6/c1-38-26-14-10-21(31)16-25(26)32-27(34)17-39-30(37)19-7-11-22(12-8-19)33-28(35)23-13-9-20(15-24(23)29(33)36)18-5-3-2-4-6-18/h2-8,10-12,14,16,20,23-24H,9,13,15,17H2,1H3,(H,32,34)/t20-,23+,24-/m0/s1. The van der Waals surface area contributed by atoms with E-state index in [0.29, 0.717) is 35.0 Å². The maximum Gasteiger partial charge on any atom is 0.338 e. The van der Waals surface area contributed by atoms with Gasteiger partial charge in [-0.25, -0.2) is 4.79 Å². The van der Waals surface area contributed by atoms with Crippen LogP contribution in [0.1, 0.15) is 41.1 Å². The summed E-state index contributed by atoms with van der Waals surface area (Å²) in [7, 11) is 1.46. The number of rotatable bonds is 7. The Kier molecular flexibility index (Phi) is 7.65. The summed E-state index contributed by atoms with van der Waals surface area (Å²) in [6.45, 7) is -0.523. The Bertz CT molecular complexity index is 1410. The molecule has 2 aliphatic rings. The lowest BCUT2D eigenvalue weighted by Crippen LogP contribution is -2.30. The first kappa shape index (κ1) is 26.4. The molecular weight excluding hydrogens is 520 g/mol. The van der Waals surface area contributed by atoms with E-state index >= 15 is 0 Å². The summed E-state index contributed by atoms with van der Waals surface area (Å²) in [5, 5.41) is 3.01. The number of carbonyl (C=O) groups excluding carboxylic acids is 4. The highest BCUT2D eigenvalue weighted by molar-refractivity contribution is 6.31. The molecule has 1 aliphatic heterocycles. The fraction of sp³-hybridized carbons (Fsp3) is 0.267. The first-order valence-electron chi connectivity index (χ1n) is 12.7. The number of nitrogens with zero attached hydrogens (tertiary/aromatic N) is 1. The molecule has 8 nitrogen and oxygen atoms in total. The van der Waals surface area contributed by atoms with Crippen LogP contribution in [-0.4, -0.2) is 37.4 Å². The van der Waals surface area contributed by atoms with Gasteiger partial charge in [-0.05, 0) is 73.2 Å². The third-order valence-corrected chi connectivity index (χ3v) is 7.56. The van der Waals surface area contributed by atoms with Gasteiger partial charge in [-0.1, -0.05) is 41.9 Å². The Morgan fingerprint density at radius 1 is 0.949 bits per heavy atom. The van der Waals surface area contributed by atoms with Crippen LogP contribution < -0.4 is 15.0 Å². The summed E-state index contributed by atoms with van der Waals surface area (Å²) in [5.41, 5.74) is 2.15. The topological polar surface area (TPSA) is 102 Å². The van der Waals surface area contributed by atoms with E-state index in [1.165, 1.54) is 35.8 Å². The van der Waals surface area contributed by atoms with Gasteiger partial charge < -0.3 is 14.8 Å². The van der Waals surface area contributed by atoms with E-state index in [4.69, 9.17) is 21.1 Å². The SMILES string of the molecule is COc1ccc(Cl)cc1NC(=O)COC(=O)c1ccc(N2C(=O)[C@H]3C[C@@H](c4ccccc4)CC[C@H]3C2=O)cc1. The zero-order chi connectivity index (χ0) is 27.5. The molecule has 1 aliphatic carbocycles. The summed E-state index contributed by atoms with van der Waals surface area (Å²) in [6.07, 6.45) is 2.17. The summed E-state index contributed by atoms with van der Waals surface area (Å²) < 4.78 is 10.3. The molecule has 39 heavy (non-hydrogen) atoms. The van der Waals surface area contributed by atoms with E-state index in [2.05, 4.69) is 17.4 Å². The number of esters is 1. The molecule has 1 N–H and O–H groups in total. The fourth-order valence-corrected chi connectivity index (χ4v) is 5.56. The third-order valence-electron chi connectivity index (χ3n) is 7.33. The molecule has 200 valence electrons. The molecule has 3 atom stereocenters. The molecule has 1 saturated carbocycles. The molecule has 0 bridgehead atoms. The predicted octanol–water partition coefficient (Wildman–Crippen LogP) is 5.22. The van der Waals surface area contributed by atoms with Gasteiger partial charge in [-0.3, -0.25) is 19.3 Å². The minimum atomic E-state index is -0.715. The molecule has 5 rings (SSSR count). The van der Waals surface area contributed by atoms with Crippen LogP contribution in [-0.2, 0) is 19.1 Å². The summed E-state index contributed by atoms with van der Waals surface area (Å²) in [4.78, 5) is 52.5. The van der Waals surface area contributed by atoms with Gasteiger partial charge in [-0.2, -0.15) is 0 Å².